The fourth-order valence-corrected chi connectivity index (χ4v) is 1.29. The standard InChI is InChI=1S/C8H16O.C2H6/c1-7(2)8-5-3-4-6-9-8;1-2/h7-8H,3-6H2,1-2H3;1-2H3. The molecule has 1 saturated heterocycles. The second-order valence-corrected chi connectivity index (χ2v) is 3.15. The minimum absolute atomic E-state index is 0.554. The topological polar surface area (TPSA) is 9.23 Å². The van der Waals surface area contributed by atoms with Crippen molar-refractivity contribution >= 4 is 0 Å². The van der Waals surface area contributed by atoms with Gasteiger partial charge in [-0.05, 0) is 25.2 Å². The smallest absolute Gasteiger partial charge is 0.0598 e. The highest BCUT2D eigenvalue weighted by Crippen LogP contribution is 2.18. The fraction of sp³-hybridized carbons (Fsp3) is 1.00. The van der Waals surface area contributed by atoms with Crippen LogP contribution in [0.2, 0.25) is 0 Å². The van der Waals surface area contributed by atoms with Gasteiger partial charge in [-0.15, -0.1) is 0 Å². The van der Waals surface area contributed by atoms with E-state index < -0.39 is 0 Å². The quantitative estimate of drug-likeness (QED) is 0.569. The molecule has 1 atom stereocenters. The van der Waals surface area contributed by atoms with Crippen LogP contribution in [0, 0.1) is 5.92 Å². The molecule has 1 rings (SSSR count). The Hall–Kier alpha value is -0.0400. The van der Waals surface area contributed by atoms with Crippen LogP contribution in [-0.2, 0) is 4.74 Å². The minimum Gasteiger partial charge on any atom is -0.378 e. The van der Waals surface area contributed by atoms with Gasteiger partial charge in [-0.25, -0.2) is 0 Å². The summed E-state index contributed by atoms with van der Waals surface area (Å²) < 4.78 is 5.54. The molecular formula is C10H22O. The highest BCUT2D eigenvalue weighted by Gasteiger charge is 2.16. The Labute approximate surface area is 71.1 Å². The van der Waals surface area contributed by atoms with Gasteiger partial charge in [0.05, 0.1) is 6.10 Å². The van der Waals surface area contributed by atoms with Crippen LogP contribution in [0.25, 0.3) is 0 Å². The van der Waals surface area contributed by atoms with E-state index in [2.05, 4.69) is 13.8 Å². The lowest BCUT2D eigenvalue weighted by Gasteiger charge is -2.25. The Kier molecular flexibility index (Phi) is 6.63. The summed E-state index contributed by atoms with van der Waals surface area (Å²) in [5.41, 5.74) is 0. The molecule has 0 aromatic carbocycles. The van der Waals surface area contributed by atoms with E-state index in [9.17, 15) is 0 Å². The number of hydrogen-bond donors (Lipinski definition) is 0. The van der Waals surface area contributed by atoms with Crippen LogP contribution in [-0.4, -0.2) is 12.7 Å². The van der Waals surface area contributed by atoms with E-state index in [0.717, 1.165) is 6.61 Å². The summed E-state index contributed by atoms with van der Waals surface area (Å²) in [6, 6.07) is 0. The molecule has 0 radical (unpaired) electrons. The van der Waals surface area contributed by atoms with Crippen molar-refractivity contribution in [2.45, 2.75) is 53.1 Å². The van der Waals surface area contributed by atoms with Crippen molar-refractivity contribution in [3.63, 3.8) is 0 Å². The molecule has 1 heterocycles. The van der Waals surface area contributed by atoms with E-state index in [4.69, 9.17) is 4.74 Å². The summed E-state index contributed by atoms with van der Waals surface area (Å²) in [5, 5.41) is 0. The highest BCUT2D eigenvalue weighted by atomic mass is 16.5. The maximum atomic E-state index is 5.54. The van der Waals surface area contributed by atoms with Gasteiger partial charge in [0.15, 0.2) is 0 Å². The van der Waals surface area contributed by atoms with Crippen molar-refractivity contribution in [3.8, 4) is 0 Å². The van der Waals surface area contributed by atoms with E-state index in [-0.39, 0.29) is 0 Å². The molecule has 0 spiro atoms. The van der Waals surface area contributed by atoms with Gasteiger partial charge in [0.1, 0.15) is 0 Å². The van der Waals surface area contributed by atoms with Crippen molar-refractivity contribution < 1.29 is 4.74 Å². The van der Waals surface area contributed by atoms with Crippen LogP contribution < -0.4 is 0 Å². The predicted octanol–water partition coefficient (Wildman–Crippen LogP) is 3.24. The SMILES string of the molecule is CC.CC(C)C1CCCCO1. The molecule has 1 aliphatic heterocycles. The van der Waals surface area contributed by atoms with Crippen LogP contribution in [0.1, 0.15) is 47.0 Å². The predicted molar refractivity (Wildman–Crippen MR) is 49.8 cm³/mol. The zero-order valence-corrected chi connectivity index (χ0v) is 8.39. The molecule has 0 aromatic heterocycles. The minimum atomic E-state index is 0.554. The summed E-state index contributed by atoms with van der Waals surface area (Å²) in [5.74, 6) is 0.713. The third-order valence-corrected chi connectivity index (χ3v) is 1.96. The first-order chi connectivity index (χ1) is 5.30. The summed E-state index contributed by atoms with van der Waals surface area (Å²) in [4.78, 5) is 0. The molecule has 0 aromatic rings. The molecule has 68 valence electrons. The summed E-state index contributed by atoms with van der Waals surface area (Å²) in [7, 11) is 0. The van der Waals surface area contributed by atoms with E-state index in [0.29, 0.717) is 12.0 Å². The third kappa shape index (κ3) is 4.41. The first-order valence-corrected chi connectivity index (χ1v) is 4.92. The Morgan fingerprint density at radius 2 is 1.82 bits per heavy atom. The first kappa shape index (κ1) is 11.0. The molecule has 0 N–H and O–H groups in total. The van der Waals surface area contributed by atoms with Gasteiger partial charge in [0, 0.05) is 6.61 Å². The molecular weight excluding hydrogens is 136 g/mol. The number of hydrogen-bond acceptors (Lipinski definition) is 1. The number of rotatable bonds is 1. The molecule has 0 saturated carbocycles. The fourth-order valence-electron chi connectivity index (χ4n) is 1.29. The van der Waals surface area contributed by atoms with Crippen molar-refractivity contribution in [2.24, 2.45) is 5.92 Å². The van der Waals surface area contributed by atoms with Crippen molar-refractivity contribution in [3.05, 3.63) is 0 Å². The molecule has 1 unspecified atom stereocenters. The Morgan fingerprint density at radius 1 is 1.18 bits per heavy atom. The zero-order chi connectivity index (χ0) is 8.69. The summed E-state index contributed by atoms with van der Waals surface area (Å²) in [6.07, 6.45) is 4.46. The number of ether oxygens (including phenoxy) is 1. The summed E-state index contributed by atoms with van der Waals surface area (Å²) in [6.45, 7) is 9.45. The van der Waals surface area contributed by atoms with Crippen molar-refractivity contribution in [1.82, 2.24) is 0 Å². The van der Waals surface area contributed by atoms with Gasteiger partial charge < -0.3 is 4.74 Å². The van der Waals surface area contributed by atoms with Crippen LogP contribution in [0.4, 0.5) is 0 Å². The van der Waals surface area contributed by atoms with E-state index in [1.165, 1.54) is 19.3 Å². The van der Waals surface area contributed by atoms with Gasteiger partial charge in [-0.3, -0.25) is 0 Å². The molecule has 1 nitrogen and oxygen atoms in total. The monoisotopic (exact) mass is 158 g/mol. The maximum absolute atomic E-state index is 5.54. The van der Waals surface area contributed by atoms with E-state index in [1.54, 1.807) is 0 Å². The van der Waals surface area contributed by atoms with Gasteiger partial charge in [0.2, 0.25) is 0 Å². The molecule has 0 amide bonds. The molecule has 1 heteroatoms. The Morgan fingerprint density at radius 3 is 2.09 bits per heavy atom. The molecule has 1 aliphatic rings. The van der Waals surface area contributed by atoms with Gasteiger partial charge in [-0.2, -0.15) is 0 Å². The van der Waals surface area contributed by atoms with Crippen LogP contribution >= 0.6 is 0 Å². The average Bonchev–Trinajstić information content (AvgIpc) is 2.10. The lowest BCUT2D eigenvalue weighted by atomic mass is 9.99. The normalized spacial score (nSPS) is 24.3. The second kappa shape index (κ2) is 6.66. The van der Waals surface area contributed by atoms with Crippen molar-refractivity contribution in [1.29, 1.82) is 0 Å². The maximum Gasteiger partial charge on any atom is 0.0598 e. The lowest BCUT2D eigenvalue weighted by Crippen LogP contribution is -2.24. The highest BCUT2D eigenvalue weighted by molar-refractivity contribution is 4.65. The van der Waals surface area contributed by atoms with Crippen LogP contribution in [0.5, 0.6) is 0 Å². The molecule has 11 heavy (non-hydrogen) atoms. The lowest BCUT2D eigenvalue weighted by molar-refractivity contribution is -0.0115. The average molecular weight is 158 g/mol. The van der Waals surface area contributed by atoms with Crippen LogP contribution in [0.15, 0.2) is 0 Å². The van der Waals surface area contributed by atoms with E-state index >= 15 is 0 Å². The first-order valence-electron chi connectivity index (χ1n) is 4.92. The molecule has 1 fully saturated rings. The van der Waals surface area contributed by atoms with Gasteiger partial charge in [0.25, 0.3) is 0 Å². The van der Waals surface area contributed by atoms with Gasteiger partial charge in [-0.1, -0.05) is 27.7 Å². The summed E-state index contributed by atoms with van der Waals surface area (Å²) >= 11 is 0. The van der Waals surface area contributed by atoms with E-state index in [1.807, 2.05) is 13.8 Å². The largest absolute Gasteiger partial charge is 0.378 e. The zero-order valence-electron chi connectivity index (χ0n) is 8.39. The molecule has 0 bridgehead atoms. The molecule has 0 aliphatic carbocycles. The Balaban J connectivity index is 0.000000461. The third-order valence-electron chi connectivity index (χ3n) is 1.96. The van der Waals surface area contributed by atoms with Crippen molar-refractivity contribution in [2.75, 3.05) is 6.61 Å². The van der Waals surface area contributed by atoms with Gasteiger partial charge >= 0.3 is 0 Å². The Bertz CT molecular complexity index is 72.9. The van der Waals surface area contributed by atoms with Crippen LogP contribution in [0.3, 0.4) is 0 Å². The second-order valence-electron chi connectivity index (χ2n) is 3.15.